The lowest BCUT2D eigenvalue weighted by atomic mass is 10.1. The highest BCUT2D eigenvalue weighted by molar-refractivity contribution is 5.79. The summed E-state index contributed by atoms with van der Waals surface area (Å²) in [5.74, 6) is 0.297. The lowest BCUT2D eigenvalue weighted by molar-refractivity contribution is -0.692. The van der Waals surface area contributed by atoms with Gasteiger partial charge in [0.05, 0.1) is 6.61 Å². The van der Waals surface area contributed by atoms with Crippen molar-refractivity contribution in [2.75, 3.05) is 12.3 Å². The van der Waals surface area contributed by atoms with Crippen LogP contribution in [0.25, 0.3) is 11.2 Å². The van der Waals surface area contributed by atoms with Gasteiger partial charge in [0.2, 0.25) is 12.0 Å². The molecule has 10 heteroatoms. The zero-order valence-electron chi connectivity index (χ0n) is 14.9. The highest BCUT2D eigenvalue weighted by atomic mass is 16.6. The number of nitrogen functional groups attached to an aromatic ring is 1. The van der Waals surface area contributed by atoms with Gasteiger partial charge in [0.1, 0.15) is 37.3 Å². The molecule has 3 aromatic rings. The zero-order valence-corrected chi connectivity index (χ0v) is 14.9. The molecule has 0 spiro atoms. The van der Waals surface area contributed by atoms with Crippen LogP contribution in [0.4, 0.5) is 5.82 Å². The van der Waals surface area contributed by atoms with Crippen molar-refractivity contribution >= 4 is 17.0 Å². The van der Waals surface area contributed by atoms with Gasteiger partial charge >= 0.3 is 0 Å². The predicted molar refractivity (Wildman–Crippen MR) is 96.5 cm³/mol. The van der Waals surface area contributed by atoms with Crippen LogP contribution in [-0.4, -0.2) is 59.9 Å². The van der Waals surface area contributed by atoms with Crippen LogP contribution in [0, 0.1) is 0 Å². The Morgan fingerprint density at radius 3 is 2.61 bits per heavy atom. The van der Waals surface area contributed by atoms with Gasteiger partial charge in [-0.25, -0.2) is 9.55 Å². The molecule has 0 bridgehead atoms. The minimum absolute atomic E-state index is 0.194. The fourth-order valence-corrected chi connectivity index (χ4v) is 3.39. The molecule has 1 fully saturated rings. The first kappa shape index (κ1) is 18.7. The maximum atomic E-state index is 10.4. The Morgan fingerprint density at radius 1 is 1.18 bits per heavy atom. The van der Waals surface area contributed by atoms with Crippen LogP contribution in [0.5, 0.6) is 0 Å². The molecule has 10 nitrogen and oxygen atoms in total. The van der Waals surface area contributed by atoms with Gasteiger partial charge in [-0.3, -0.25) is 4.57 Å². The number of benzene rings is 1. The predicted octanol–water partition coefficient (Wildman–Crippen LogP) is -1.35. The lowest BCUT2D eigenvalue weighted by Crippen LogP contribution is -2.40. The topological polar surface area (TPSA) is 151 Å². The third-order valence-electron chi connectivity index (χ3n) is 4.98. The van der Waals surface area contributed by atoms with E-state index in [2.05, 4.69) is 9.97 Å². The van der Waals surface area contributed by atoms with Gasteiger partial charge in [-0.1, -0.05) is 35.3 Å². The summed E-state index contributed by atoms with van der Waals surface area (Å²) in [6, 6.07) is 9.21. The number of rotatable bonds is 5. The van der Waals surface area contributed by atoms with E-state index < -0.39 is 37.3 Å². The summed E-state index contributed by atoms with van der Waals surface area (Å²) < 4.78 is 8.58. The van der Waals surface area contributed by atoms with Gasteiger partial charge in [-0.15, -0.1) is 0 Å². The van der Waals surface area contributed by atoms with E-state index in [9.17, 15) is 20.4 Å². The van der Waals surface area contributed by atoms with Crippen LogP contribution in [0.15, 0.2) is 43.0 Å². The number of aliphatic hydroxyl groups excluding tert-OH is 4. The molecule has 0 radical (unpaired) electrons. The number of fused-ring (bicyclic) bond motifs is 1. The second kappa shape index (κ2) is 7.41. The highest BCUT2D eigenvalue weighted by Crippen LogP contribution is 2.31. The number of nitrogens with two attached hydrogens (primary N) is 1. The number of aromatic nitrogens is 4. The summed E-state index contributed by atoms with van der Waals surface area (Å²) in [7, 11) is 0. The Morgan fingerprint density at radius 2 is 1.93 bits per heavy atom. The number of hydrogen-bond acceptors (Lipinski definition) is 8. The number of anilines is 1. The average Bonchev–Trinajstić information content (AvgIpc) is 3.26. The number of imidazole rings is 1. The molecule has 0 saturated carbocycles. The van der Waals surface area contributed by atoms with Crippen LogP contribution in [-0.2, 0) is 11.3 Å². The molecule has 148 valence electrons. The Labute approximate surface area is 160 Å². The van der Waals surface area contributed by atoms with Crippen molar-refractivity contribution in [3.05, 3.63) is 48.5 Å². The Kier molecular flexibility index (Phi) is 4.96. The molecule has 3 heterocycles. The fraction of sp³-hybridized carbons (Fsp3) is 0.389. The minimum atomic E-state index is -1.25. The van der Waals surface area contributed by atoms with Gasteiger partial charge in [0.25, 0.3) is 5.82 Å². The highest BCUT2D eigenvalue weighted by Gasteiger charge is 2.44. The van der Waals surface area contributed by atoms with E-state index in [1.54, 1.807) is 4.57 Å². The zero-order chi connectivity index (χ0) is 19.8. The smallest absolute Gasteiger partial charge is 0.250 e. The molecule has 1 aromatic carbocycles. The van der Waals surface area contributed by atoms with Crippen LogP contribution in [0.1, 0.15) is 17.9 Å². The van der Waals surface area contributed by atoms with Gasteiger partial charge in [0.15, 0.2) is 11.7 Å². The van der Waals surface area contributed by atoms with Crippen molar-refractivity contribution in [3.8, 4) is 0 Å². The van der Waals surface area contributed by atoms with E-state index >= 15 is 0 Å². The third kappa shape index (κ3) is 3.11. The number of ether oxygens (including phenoxy) is 1. The third-order valence-corrected chi connectivity index (χ3v) is 4.98. The molecular formula is C18H22N5O5+. The lowest BCUT2D eigenvalue weighted by Gasteiger charge is -2.15. The average molecular weight is 388 g/mol. The summed E-state index contributed by atoms with van der Waals surface area (Å²) in [4.78, 5) is 8.59. The second-order valence-electron chi connectivity index (χ2n) is 6.76. The number of nitrogens with zero attached hydrogens (tertiary/aromatic N) is 4. The molecule has 4 rings (SSSR count). The maximum absolute atomic E-state index is 10.4. The molecule has 2 aromatic heterocycles. The molecule has 28 heavy (non-hydrogen) atoms. The van der Waals surface area contributed by atoms with Crippen molar-refractivity contribution in [1.82, 2.24) is 14.5 Å². The Bertz CT molecular complexity index is 966. The van der Waals surface area contributed by atoms with Gasteiger partial charge in [-0.2, -0.15) is 0 Å². The van der Waals surface area contributed by atoms with Gasteiger partial charge in [0, 0.05) is 0 Å². The largest absolute Gasteiger partial charge is 0.394 e. The molecule has 0 amide bonds. The van der Waals surface area contributed by atoms with Crippen molar-refractivity contribution in [2.24, 2.45) is 0 Å². The Hall–Kier alpha value is -2.63. The van der Waals surface area contributed by atoms with E-state index in [1.807, 2.05) is 30.3 Å². The van der Waals surface area contributed by atoms with Gasteiger partial charge in [-0.05, 0) is 5.56 Å². The monoisotopic (exact) mass is 388 g/mol. The van der Waals surface area contributed by atoms with E-state index in [-0.39, 0.29) is 6.54 Å². The summed E-state index contributed by atoms with van der Waals surface area (Å²) in [5, 5.41) is 39.9. The first-order valence-corrected chi connectivity index (χ1v) is 8.87. The fourth-order valence-electron chi connectivity index (χ4n) is 3.39. The van der Waals surface area contributed by atoms with Crippen molar-refractivity contribution in [3.63, 3.8) is 0 Å². The van der Waals surface area contributed by atoms with Crippen molar-refractivity contribution in [1.29, 1.82) is 0 Å². The molecule has 6 N–H and O–H groups in total. The van der Waals surface area contributed by atoms with E-state index in [4.69, 9.17) is 10.5 Å². The molecule has 1 unspecified atom stereocenters. The number of hydrogen-bond donors (Lipinski definition) is 5. The molecule has 5 atom stereocenters. The van der Waals surface area contributed by atoms with Crippen molar-refractivity contribution in [2.45, 2.75) is 37.2 Å². The first-order valence-electron chi connectivity index (χ1n) is 8.87. The van der Waals surface area contributed by atoms with E-state index in [0.29, 0.717) is 17.0 Å². The molecule has 0 aliphatic carbocycles. The van der Waals surface area contributed by atoms with Crippen LogP contribution >= 0.6 is 0 Å². The van der Waals surface area contributed by atoms with E-state index in [0.717, 1.165) is 5.56 Å². The summed E-state index contributed by atoms with van der Waals surface area (Å²) in [6.45, 7) is -0.228. The Balaban J connectivity index is 1.63. The molecule has 1 aliphatic rings. The van der Waals surface area contributed by atoms with Crippen LogP contribution in [0.2, 0.25) is 0 Å². The second-order valence-corrected chi connectivity index (χ2v) is 6.76. The van der Waals surface area contributed by atoms with Crippen LogP contribution < -0.4 is 10.3 Å². The SMILES string of the molecule is Nc1c2ncn([C@@H]3O[C@H](CO)[C@@H](O)[C@H]3O)c2nc[n+]1CC(O)c1ccccc1. The van der Waals surface area contributed by atoms with E-state index in [1.165, 1.54) is 17.2 Å². The van der Waals surface area contributed by atoms with Crippen molar-refractivity contribution < 1.29 is 29.7 Å². The molecule has 1 saturated heterocycles. The molecule has 1 aliphatic heterocycles. The summed E-state index contributed by atoms with van der Waals surface area (Å²) >= 11 is 0. The number of aliphatic hydroxyl groups is 4. The quantitative estimate of drug-likeness (QED) is 0.337. The normalized spacial score (nSPS) is 26.0. The van der Waals surface area contributed by atoms with Gasteiger partial charge < -0.3 is 30.9 Å². The maximum Gasteiger partial charge on any atom is 0.250 e. The first-order chi connectivity index (χ1) is 13.5. The summed E-state index contributed by atoms with van der Waals surface area (Å²) in [5.41, 5.74) is 7.71. The standard InChI is InChI=1S/C18H21N5O5/c19-16-13-17(21-8-22(16)6-11(25)10-4-2-1-3-5-10)23(9-20-13)18-15(27)14(26)12(7-24)28-18/h1-5,8-9,11-12,14-15,18-19,24-27H,6-7H2/p+1/t11?,12-,14-,15-,18-/m1/s1. The minimum Gasteiger partial charge on any atom is -0.394 e. The molecular weight excluding hydrogens is 366 g/mol. The van der Waals surface area contributed by atoms with Crippen LogP contribution in [0.3, 0.4) is 0 Å². The summed E-state index contributed by atoms with van der Waals surface area (Å²) in [6.07, 6.45) is -2.20.